The van der Waals surface area contributed by atoms with Crippen molar-refractivity contribution in [3.8, 4) is 5.75 Å². The maximum Gasteiger partial charge on any atom is 0.118 e. The number of benzene rings is 1. The number of rotatable bonds is 2. The van der Waals surface area contributed by atoms with Gasteiger partial charge in [-0.1, -0.05) is 32.9 Å². The second-order valence-corrected chi connectivity index (χ2v) is 6.32. The Balaban J connectivity index is 2.65. The maximum atomic E-state index is 9.36. The first-order valence-electron chi connectivity index (χ1n) is 4.81. The lowest BCUT2D eigenvalue weighted by Gasteiger charge is -2.17. The van der Waals surface area contributed by atoms with Crippen LogP contribution in [-0.4, -0.2) is 9.85 Å². The Morgan fingerprint density at radius 1 is 1.29 bits per heavy atom. The molecular formula is C12H18OS. The van der Waals surface area contributed by atoms with Crippen molar-refractivity contribution in [1.29, 1.82) is 0 Å². The van der Waals surface area contributed by atoms with Gasteiger partial charge in [0.2, 0.25) is 0 Å². The van der Waals surface area contributed by atoms with E-state index in [1.54, 1.807) is 6.07 Å². The molecule has 0 atom stereocenters. The molecule has 78 valence electrons. The van der Waals surface area contributed by atoms with Gasteiger partial charge in [-0.3, -0.25) is 0 Å². The summed E-state index contributed by atoms with van der Waals surface area (Å²) in [5.41, 5.74) is 2.23. The van der Waals surface area contributed by atoms with Crippen molar-refractivity contribution in [3.05, 3.63) is 29.3 Å². The molecule has 1 nitrogen and oxygen atoms in total. The average Bonchev–Trinajstić information content (AvgIpc) is 2.06. The zero-order chi connectivity index (χ0) is 10.8. The van der Waals surface area contributed by atoms with Gasteiger partial charge in [-0.25, -0.2) is 0 Å². The Morgan fingerprint density at radius 2 is 1.93 bits per heavy atom. The van der Waals surface area contributed by atoms with E-state index >= 15 is 0 Å². The van der Waals surface area contributed by atoms with Gasteiger partial charge in [0.15, 0.2) is 0 Å². The molecule has 0 amide bonds. The molecule has 1 rings (SSSR count). The largest absolute Gasteiger partial charge is 0.508 e. The molecule has 0 radical (unpaired) electrons. The van der Waals surface area contributed by atoms with Crippen LogP contribution in [0.3, 0.4) is 0 Å². The summed E-state index contributed by atoms with van der Waals surface area (Å²) in [6.07, 6.45) is 0. The third kappa shape index (κ3) is 3.62. The van der Waals surface area contributed by atoms with Crippen LogP contribution in [0.15, 0.2) is 18.2 Å². The fourth-order valence-electron chi connectivity index (χ4n) is 1.11. The van der Waals surface area contributed by atoms with Gasteiger partial charge in [0, 0.05) is 10.5 Å². The Labute approximate surface area is 90.5 Å². The summed E-state index contributed by atoms with van der Waals surface area (Å²) in [4.78, 5) is 0. The summed E-state index contributed by atoms with van der Waals surface area (Å²) < 4.78 is 0.297. The molecule has 1 aromatic carbocycles. The van der Waals surface area contributed by atoms with Crippen LogP contribution in [0.25, 0.3) is 0 Å². The van der Waals surface area contributed by atoms with Gasteiger partial charge >= 0.3 is 0 Å². The molecule has 0 aliphatic rings. The molecule has 0 spiro atoms. The lowest BCUT2D eigenvalue weighted by Crippen LogP contribution is -2.07. The van der Waals surface area contributed by atoms with Gasteiger partial charge in [0.1, 0.15) is 5.75 Å². The first-order valence-corrected chi connectivity index (χ1v) is 5.79. The zero-order valence-corrected chi connectivity index (χ0v) is 10.1. The number of aromatic hydroxyl groups is 1. The lowest BCUT2D eigenvalue weighted by molar-refractivity contribution is 0.471. The Bertz CT molecular complexity index is 313. The molecule has 0 aliphatic carbocycles. The van der Waals surface area contributed by atoms with Crippen LogP contribution < -0.4 is 0 Å². The van der Waals surface area contributed by atoms with Crippen LogP contribution in [0.4, 0.5) is 0 Å². The maximum absolute atomic E-state index is 9.36. The summed E-state index contributed by atoms with van der Waals surface area (Å²) in [6, 6.07) is 5.81. The lowest BCUT2D eigenvalue weighted by atomic mass is 10.1. The number of aryl methyl sites for hydroxylation is 1. The van der Waals surface area contributed by atoms with Gasteiger partial charge in [0.25, 0.3) is 0 Å². The fraction of sp³-hybridized carbons (Fsp3) is 0.500. The monoisotopic (exact) mass is 210 g/mol. The van der Waals surface area contributed by atoms with E-state index < -0.39 is 0 Å². The molecule has 1 aromatic rings. The van der Waals surface area contributed by atoms with Gasteiger partial charge in [-0.2, -0.15) is 11.8 Å². The first-order chi connectivity index (χ1) is 6.38. The molecule has 14 heavy (non-hydrogen) atoms. The SMILES string of the molecule is Cc1cc(CSC(C)(C)C)ccc1O. The van der Waals surface area contributed by atoms with Gasteiger partial charge < -0.3 is 5.11 Å². The van der Waals surface area contributed by atoms with Gasteiger partial charge in [0.05, 0.1) is 0 Å². The van der Waals surface area contributed by atoms with Gasteiger partial charge in [-0.15, -0.1) is 0 Å². The van der Waals surface area contributed by atoms with Crippen LogP contribution in [0, 0.1) is 6.92 Å². The number of phenolic OH excluding ortho intramolecular Hbond substituents is 1. The zero-order valence-electron chi connectivity index (χ0n) is 9.29. The normalized spacial score (nSPS) is 11.7. The summed E-state index contributed by atoms with van der Waals surface area (Å²) in [7, 11) is 0. The molecule has 0 bridgehead atoms. The second kappa shape index (κ2) is 4.26. The van der Waals surface area contributed by atoms with Crippen molar-refractivity contribution in [1.82, 2.24) is 0 Å². The predicted molar refractivity (Wildman–Crippen MR) is 63.9 cm³/mol. The summed E-state index contributed by atoms with van der Waals surface area (Å²) in [5.74, 6) is 1.39. The Hall–Kier alpha value is -0.630. The van der Waals surface area contributed by atoms with Crippen molar-refractivity contribution >= 4 is 11.8 Å². The summed E-state index contributed by atoms with van der Waals surface area (Å²) in [6.45, 7) is 8.57. The van der Waals surface area contributed by atoms with Crippen LogP contribution >= 0.6 is 11.8 Å². The van der Waals surface area contributed by atoms with Crippen molar-refractivity contribution in [2.45, 2.75) is 38.2 Å². The van der Waals surface area contributed by atoms with Crippen LogP contribution in [0.5, 0.6) is 5.75 Å². The minimum atomic E-state index is 0.297. The summed E-state index contributed by atoms with van der Waals surface area (Å²) in [5, 5.41) is 9.36. The average molecular weight is 210 g/mol. The fourth-order valence-corrected chi connectivity index (χ4v) is 1.89. The molecule has 0 aromatic heterocycles. The number of hydrogen-bond acceptors (Lipinski definition) is 2. The molecule has 0 saturated heterocycles. The molecule has 0 saturated carbocycles. The molecule has 0 fully saturated rings. The number of thioether (sulfide) groups is 1. The standard InChI is InChI=1S/C12H18OS/c1-9-7-10(5-6-11(9)13)8-14-12(2,3)4/h5-7,13H,8H2,1-4H3. The van der Waals surface area contributed by atoms with Crippen LogP contribution in [0.1, 0.15) is 31.9 Å². The molecular weight excluding hydrogens is 192 g/mol. The second-order valence-electron chi connectivity index (χ2n) is 4.52. The van der Waals surface area contributed by atoms with E-state index in [2.05, 4.69) is 20.8 Å². The molecule has 0 aliphatic heterocycles. The topological polar surface area (TPSA) is 20.2 Å². The van der Waals surface area contributed by atoms with Gasteiger partial charge in [-0.05, 0) is 24.1 Å². The van der Waals surface area contributed by atoms with E-state index in [9.17, 15) is 5.11 Å². The third-order valence-electron chi connectivity index (χ3n) is 1.93. The van der Waals surface area contributed by atoms with E-state index in [1.807, 2.05) is 30.8 Å². The van der Waals surface area contributed by atoms with E-state index in [0.717, 1.165) is 11.3 Å². The van der Waals surface area contributed by atoms with E-state index in [4.69, 9.17) is 0 Å². The molecule has 0 heterocycles. The van der Waals surface area contributed by atoms with Crippen molar-refractivity contribution in [2.24, 2.45) is 0 Å². The first kappa shape index (κ1) is 11.4. The highest BCUT2D eigenvalue weighted by Gasteiger charge is 2.10. The smallest absolute Gasteiger partial charge is 0.118 e. The van der Waals surface area contributed by atoms with Crippen molar-refractivity contribution in [2.75, 3.05) is 0 Å². The van der Waals surface area contributed by atoms with E-state index in [-0.39, 0.29) is 0 Å². The Kier molecular flexibility index (Phi) is 3.48. The quantitative estimate of drug-likeness (QED) is 0.802. The third-order valence-corrected chi connectivity index (χ3v) is 3.28. The van der Waals surface area contributed by atoms with Crippen molar-refractivity contribution < 1.29 is 5.11 Å². The molecule has 0 unspecified atom stereocenters. The number of hydrogen-bond donors (Lipinski definition) is 1. The highest BCUT2D eigenvalue weighted by molar-refractivity contribution is 7.99. The number of phenols is 1. The molecule has 1 N–H and O–H groups in total. The minimum absolute atomic E-state index is 0.297. The summed E-state index contributed by atoms with van der Waals surface area (Å²) >= 11 is 1.92. The molecule has 2 heteroatoms. The predicted octanol–water partition coefficient (Wildman–Crippen LogP) is 3.73. The highest BCUT2D eigenvalue weighted by Crippen LogP contribution is 2.28. The van der Waals surface area contributed by atoms with E-state index in [1.165, 1.54) is 5.56 Å². The van der Waals surface area contributed by atoms with Crippen LogP contribution in [-0.2, 0) is 5.75 Å². The minimum Gasteiger partial charge on any atom is -0.508 e. The van der Waals surface area contributed by atoms with Crippen LogP contribution in [0.2, 0.25) is 0 Å². The van der Waals surface area contributed by atoms with E-state index in [0.29, 0.717) is 10.5 Å². The van der Waals surface area contributed by atoms with Crippen molar-refractivity contribution in [3.63, 3.8) is 0 Å². The Morgan fingerprint density at radius 3 is 2.43 bits per heavy atom. The highest BCUT2D eigenvalue weighted by atomic mass is 32.2.